The summed E-state index contributed by atoms with van der Waals surface area (Å²) < 4.78 is 0. The smallest absolute Gasteiger partial charge is 0.323 e. The number of hydrogen-bond donors (Lipinski definition) is 3. The fraction of sp³-hybridized carbons (Fsp3) is 0.0800. The molecule has 0 aliphatic heterocycles. The van der Waals surface area contributed by atoms with E-state index in [0.717, 1.165) is 38.7 Å². The highest BCUT2D eigenvalue weighted by atomic mass is 32.1. The predicted octanol–water partition coefficient (Wildman–Crippen LogP) is 5.45. The highest BCUT2D eigenvalue weighted by Crippen LogP contribution is 2.31. The number of thiazole rings is 1. The number of anilines is 3. The molecule has 34 heavy (non-hydrogen) atoms. The van der Waals surface area contributed by atoms with Gasteiger partial charge in [-0.15, -0.1) is 0 Å². The van der Waals surface area contributed by atoms with Crippen molar-refractivity contribution < 1.29 is 4.79 Å². The number of pyridine rings is 1. The van der Waals surface area contributed by atoms with Crippen LogP contribution in [-0.4, -0.2) is 32.5 Å². The third kappa shape index (κ3) is 5.16. The van der Waals surface area contributed by atoms with Crippen LogP contribution in [0.2, 0.25) is 0 Å². The van der Waals surface area contributed by atoms with Gasteiger partial charge in [0.1, 0.15) is 21.7 Å². The predicted molar refractivity (Wildman–Crippen MR) is 136 cm³/mol. The van der Waals surface area contributed by atoms with E-state index in [1.54, 1.807) is 42.2 Å². The van der Waals surface area contributed by atoms with Gasteiger partial charge in [-0.05, 0) is 36.2 Å². The van der Waals surface area contributed by atoms with Gasteiger partial charge in [-0.1, -0.05) is 53.8 Å². The fourth-order valence-electron chi connectivity index (χ4n) is 3.40. The average Bonchev–Trinajstić information content (AvgIpc) is 3.32. The van der Waals surface area contributed by atoms with Gasteiger partial charge >= 0.3 is 6.03 Å². The molecule has 0 radical (unpaired) electrons. The lowest BCUT2D eigenvalue weighted by Crippen LogP contribution is -2.19. The zero-order valence-electron chi connectivity index (χ0n) is 18.1. The first-order chi connectivity index (χ1) is 16.7. The summed E-state index contributed by atoms with van der Waals surface area (Å²) in [6, 6.07) is 21.1. The van der Waals surface area contributed by atoms with E-state index in [1.807, 2.05) is 54.6 Å². The van der Waals surface area contributed by atoms with E-state index >= 15 is 0 Å². The first kappa shape index (κ1) is 21.5. The van der Waals surface area contributed by atoms with Crippen molar-refractivity contribution in [3.8, 4) is 10.6 Å². The van der Waals surface area contributed by atoms with Crippen LogP contribution in [0.25, 0.3) is 20.9 Å². The number of rotatable bonds is 7. The van der Waals surface area contributed by atoms with Gasteiger partial charge < -0.3 is 16.0 Å². The Morgan fingerprint density at radius 1 is 0.882 bits per heavy atom. The second-order valence-electron chi connectivity index (χ2n) is 7.46. The number of urea groups is 1. The standard InChI is InChI=1S/C25H21N7OS/c33-25(31-20-7-4-13-26-15-20)30-19-10-8-17(9-11-19)12-14-27-22-21-24(29-16-28-22)34-23(32-21)18-5-2-1-3-6-18/h1-11,13,15-16H,12,14H2,(H,27,28,29)(H2,30,31,33). The quantitative estimate of drug-likeness (QED) is 0.294. The molecule has 8 nitrogen and oxygen atoms in total. The van der Waals surface area contributed by atoms with Crippen LogP contribution in [0.4, 0.5) is 22.0 Å². The van der Waals surface area contributed by atoms with Crippen LogP contribution in [0.5, 0.6) is 0 Å². The number of amides is 2. The van der Waals surface area contributed by atoms with Crippen molar-refractivity contribution in [3.63, 3.8) is 0 Å². The summed E-state index contributed by atoms with van der Waals surface area (Å²) in [4.78, 5) is 30.5. The molecule has 0 aliphatic carbocycles. The topological polar surface area (TPSA) is 105 Å². The summed E-state index contributed by atoms with van der Waals surface area (Å²) in [7, 11) is 0. The first-order valence-electron chi connectivity index (χ1n) is 10.7. The van der Waals surface area contributed by atoms with Crippen LogP contribution in [-0.2, 0) is 6.42 Å². The molecule has 3 heterocycles. The third-order valence-electron chi connectivity index (χ3n) is 5.05. The Morgan fingerprint density at radius 3 is 2.50 bits per heavy atom. The molecule has 5 aromatic rings. The lowest BCUT2D eigenvalue weighted by molar-refractivity contribution is 0.262. The minimum atomic E-state index is -0.312. The minimum Gasteiger partial charge on any atom is -0.368 e. The number of nitrogens with zero attached hydrogens (tertiary/aromatic N) is 4. The molecular formula is C25H21N7OS. The van der Waals surface area contributed by atoms with Gasteiger partial charge in [-0.3, -0.25) is 4.98 Å². The maximum atomic E-state index is 12.1. The van der Waals surface area contributed by atoms with Crippen LogP contribution in [0.3, 0.4) is 0 Å². The lowest BCUT2D eigenvalue weighted by atomic mass is 10.1. The van der Waals surface area contributed by atoms with Crippen molar-refractivity contribution in [3.05, 3.63) is 91.0 Å². The SMILES string of the molecule is O=C(Nc1ccc(CCNc2ncnc3sc(-c4ccccc4)nc23)cc1)Nc1cccnc1. The molecular weight excluding hydrogens is 446 g/mol. The van der Waals surface area contributed by atoms with Crippen molar-refractivity contribution in [2.75, 3.05) is 22.5 Å². The first-order valence-corrected chi connectivity index (χ1v) is 11.5. The molecule has 0 fully saturated rings. The van der Waals surface area contributed by atoms with E-state index in [-0.39, 0.29) is 6.03 Å². The van der Waals surface area contributed by atoms with Crippen LogP contribution in [0.1, 0.15) is 5.56 Å². The Balaban J connectivity index is 1.17. The van der Waals surface area contributed by atoms with E-state index in [2.05, 4.69) is 30.9 Å². The highest BCUT2D eigenvalue weighted by molar-refractivity contribution is 7.21. The number of fused-ring (bicyclic) bond motifs is 1. The molecule has 3 aromatic heterocycles. The van der Waals surface area contributed by atoms with Gasteiger partial charge in [-0.2, -0.15) is 0 Å². The number of carbonyl (C=O) groups is 1. The Kier molecular flexibility index (Phi) is 6.35. The van der Waals surface area contributed by atoms with Gasteiger partial charge in [0.05, 0.1) is 11.9 Å². The Bertz CT molecular complexity index is 1390. The van der Waals surface area contributed by atoms with Crippen molar-refractivity contribution in [2.45, 2.75) is 6.42 Å². The van der Waals surface area contributed by atoms with E-state index in [4.69, 9.17) is 4.98 Å². The zero-order valence-corrected chi connectivity index (χ0v) is 18.9. The molecule has 0 unspecified atom stereocenters. The third-order valence-corrected chi connectivity index (χ3v) is 6.07. The number of hydrogen-bond acceptors (Lipinski definition) is 7. The maximum absolute atomic E-state index is 12.1. The van der Waals surface area contributed by atoms with Crippen molar-refractivity contribution in [1.82, 2.24) is 19.9 Å². The van der Waals surface area contributed by atoms with Gasteiger partial charge in [0.25, 0.3) is 0 Å². The molecule has 2 aromatic carbocycles. The summed E-state index contributed by atoms with van der Waals surface area (Å²) in [5, 5.41) is 9.87. The van der Waals surface area contributed by atoms with Crippen molar-refractivity contribution in [2.24, 2.45) is 0 Å². The molecule has 0 saturated carbocycles. The van der Waals surface area contributed by atoms with Crippen LogP contribution >= 0.6 is 11.3 Å². The summed E-state index contributed by atoms with van der Waals surface area (Å²) >= 11 is 1.56. The van der Waals surface area contributed by atoms with Crippen molar-refractivity contribution >= 4 is 44.9 Å². The van der Waals surface area contributed by atoms with E-state index in [1.165, 1.54) is 0 Å². The van der Waals surface area contributed by atoms with Gasteiger partial charge in [0, 0.05) is 24.0 Å². The number of benzene rings is 2. The Hall–Kier alpha value is -4.37. The summed E-state index contributed by atoms with van der Waals surface area (Å²) in [6.45, 7) is 0.693. The molecule has 168 valence electrons. The average molecular weight is 468 g/mol. The second kappa shape index (κ2) is 10.1. The van der Waals surface area contributed by atoms with Crippen LogP contribution < -0.4 is 16.0 Å². The van der Waals surface area contributed by atoms with Crippen molar-refractivity contribution in [1.29, 1.82) is 0 Å². The van der Waals surface area contributed by atoms with Crippen LogP contribution in [0, 0.1) is 0 Å². The minimum absolute atomic E-state index is 0.312. The number of aromatic nitrogens is 4. The second-order valence-corrected chi connectivity index (χ2v) is 8.43. The number of carbonyl (C=O) groups excluding carboxylic acids is 1. The molecule has 0 bridgehead atoms. The molecule has 2 amide bonds. The van der Waals surface area contributed by atoms with Crippen LogP contribution in [0.15, 0.2) is 85.5 Å². The van der Waals surface area contributed by atoms with Gasteiger partial charge in [0.2, 0.25) is 0 Å². The molecule has 0 aliphatic rings. The molecule has 3 N–H and O–H groups in total. The normalized spacial score (nSPS) is 10.7. The Labute approximate surface area is 200 Å². The highest BCUT2D eigenvalue weighted by Gasteiger charge is 2.11. The largest absolute Gasteiger partial charge is 0.368 e. The lowest BCUT2D eigenvalue weighted by Gasteiger charge is -2.09. The number of nitrogens with one attached hydrogen (secondary N) is 3. The summed E-state index contributed by atoms with van der Waals surface area (Å²) in [6.07, 6.45) is 5.61. The molecule has 0 spiro atoms. The van der Waals surface area contributed by atoms with Gasteiger partial charge in [-0.25, -0.2) is 19.7 Å². The zero-order chi connectivity index (χ0) is 23.2. The Morgan fingerprint density at radius 2 is 1.71 bits per heavy atom. The van der Waals surface area contributed by atoms with E-state index in [0.29, 0.717) is 17.9 Å². The maximum Gasteiger partial charge on any atom is 0.323 e. The van der Waals surface area contributed by atoms with E-state index in [9.17, 15) is 4.79 Å². The summed E-state index contributed by atoms with van der Waals surface area (Å²) in [5.74, 6) is 0.730. The monoisotopic (exact) mass is 467 g/mol. The fourth-order valence-corrected chi connectivity index (χ4v) is 4.31. The molecule has 5 rings (SSSR count). The van der Waals surface area contributed by atoms with E-state index < -0.39 is 0 Å². The molecule has 9 heteroatoms. The molecule has 0 saturated heterocycles. The molecule has 0 atom stereocenters. The van der Waals surface area contributed by atoms with Gasteiger partial charge in [0.15, 0.2) is 5.82 Å². The summed E-state index contributed by atoms with van der Waals surface area (Å²) in [5.41, 5.74) is 4.34.